The van der Waals surface area contributed by atoms with Crippen LogP contribution >= 0.6 is 0 Å². The van der Waals surface area contributed by atoms with Gasteiger partial charge in [0.2, 0.25) is 0 Å². The summed E-state index contributed by atoms with van der Waals surface area (Å²) < 4.78 is 0. The number of hydrogen-bond acceptors (Lipinski definition) is 2. The van der Waals surface area contributed by atoms with Crippen molar-refractivity contribution in [2.45, 2.75) is 46.0 Å². The lowest BCUT2D eigenvalue weighted by molar-refractivity contribution is 0.715. The minimum Gasteiger partial charge on any atom is -0.264 e. The summed E-state index contributed by atoms with van der Waals surface area (Å²) in [6, 6.07) is 18.9. The zero-order valence-electron chi connectivity index (χ0n) is 16.7. The fourth-order valence-electron chi connectivity index (χ4n) is 3.33. The van der Waals surface area contributed by atoms with Crippen molar-refractivity contribution in [3.8, 4) is 0 Å². The monoisotopic (exact) mass is 356 g/mol. The Kier molecular flexibility index (Phi) is 6.18. The summed E-state index contributed by atoms with van der Waals surface area (Å²) in [5, 5.41) is 5.14. The fraction of sp³-hybridized carbons (Fsp3) is 0.280. The first-order valence-electron chi connectivity index (χ1n) is 9.78. The first-order valence-corrected chi connectivity index (χ1v) is 9.78. The molecule has 2 aromatic carbocycles. The predicted octanol–water partition coefficient (Wildman–Crippen LogP) is 7.11. The van der Waals surface area contributed by atoms with Crippen LogP contribution in [0.15, 0.2) is 73.2 Å². The standard InChI is InChI=1S/C13H15N.C12H13N/c1-3-10(2)13-12-7-5-4-6-11(12)8-9-14-13;1-9(2)12-8-13-7-10-5-3-4-6-11(10)12/h4-10H,3H2,1-2H3;3-9H,1-2H3. The maximum atomic E-state index is 4.48. The van der Waals surface area contributed by atoms with Gasteiger partial charge in [0, 0.05) is 29.4 Å². The van der Waals surface area contributed by atoms with Gasteiger partial charge in [0.05, 0.1) is 5.69 Å². The van der Waals surface area contributed by atoms with E-state index in [1.165, 1.54) is 32.8 Å². The molecule has 0 aliphatic heterocycles. The smallest absolute Gasteiger partial charge is 0.0509 e. The van der Waals surface area contributed by atoms with Gasteiger partial charge in [-0.2, -0.15) is 0 Å². The minimum absolute atomic E-state index is 0.540. The van der Waals surface area contributed by atoms with Crippen molar-refractivity contribution in [3.63, 3.8) is 0 Å². The van der Waals surface area contributed by atoms with Crippen molar-refractivity contribution in [1.82, 2.24) is 9.97 Å². The van der Waals surface area contributed by atoms with Gasteiger partial charge in [0.25, 0.3) is 0 Å². The molecule has 0 fully saturated rings. The third-order valence-corrected chi connectivity index (χ3v) is 5.10. The van der Waals surface area contributed by atoms with Crippen LogP contribution in [0.25, 0.3) is 21.5 Å². The normalized spacial score (nSPS) is 12.0. The lowest BCUT2D eigenvalue weighted by Gasteiger charge is -2.10. The van der Waals surface area contributed by atoms with Crippen LogP contribution in [0.3, 0.4) is 0 Å². The molecular formula is C25H28N2. The van der Waals surface area contributed by atoms with Crippen molar-refractivity contribution in [1.29, 1.82) is 0 Å². The Morgan fingerprint density at radius 3 is 2.15 bits per heavy atom. The molecule has 2 heteroatoms. The van der Waals surface area contributed by atoms with Gasteiger partial charge in [0.1, 0.15) is 0 Å². The zero-order valence-corrected chi connectivity index (χ0v) is 16.7. The first-order chi connectivity index (χ1) is 13.1. The molecule has 0 spiro atoms. The summed E-state index contributed by atoms with van der Waals surface area (Å²) in [5.74, 6) is 1.08. The molecule has 2 heterocycles. The average Bonchev–Trinajstić information content (AvgIpc) is 2.72. The van der Waals surface area contributed by atoms with Crippen LogP contribution in [0, 0.1) is 0 Å². The van der Waals surface area contributed by atoms with Crippen LogP contribution in [0.5, 0.6) is 0 Å². The molecule has 0 saturated carbocycles. The van der Waals surface area contributed by atoms with Crippen LogP contribution in [-0.4, -0.2) is 9.97 Å². The van der Waals surface area contributed by atoms with Gasteiger partial charge < -0.3 is 0 Å². The molecule has 1 unspecified atom stereocenters. The van der Waals surface area contributed by atoms with Gasteiger partial charge >= 0.3 is 0 Å². The molecular weight excluding hydrogens is 328 g/mol. The summed E-state index contributed by atoms with van der Waals surface area (Å²) in [6.45, 7) is 8.83. The van der Waals surface area contributed by atoms with E-state index in [1.807, 2.05) is 24.7 Å². The van der Waals surface area contributed by atoms with E-state index in [0.717, 1.165) is 6.42 Å². The number of rotatable bonds is 3. The first kappa shape index (κ1) is 19.0. The van der Waals surface area contributed by atoms with Crippen LogP contribution < -0.4 is 0 Å². The number of fused-ring (bicyclic) bond motifs is 2. The second kappa shape index (κ2) is 8.77. The Morgan fingerprint density at radius 1 is 0.778 bits per heavy atom. The molecule has 0 N–H and O–H groups in total. The molecule has 0 bridgehead atoms. The van der Waals surface area contributed by atoms with Crippen molar-refractivity contribution in [2.24, 2.45) is 0 Å². The van der Waals surface area contributed by atoms with E-state index < -0.39 is 0 Å². The van der Waals surface area contributed by atoms with E-state index in [0.29, 0.717) is 11.8 Å². The van der Waals surface area contributed by atoms with Gasteiger partial charge in [-0.1, -0.05) is 76.2 Å². The number of aromatic nitrogens is 2. The Hall–Kier alpha value is -2.74. The molecule has 0 amide bonds. The number of nitrogens with zero attached hydrogens (tertiary/aromatic N) is 2. The zero-order chi connectivity index (χ0) is 19.2. The summed E-state index contributed by atoms with van der Waals surface area (Å²) in [5.41, 5.74) is 2.56. The molecule has 0 aliphatic carbocycles. The minimum atomic E-state index is 0.540. The average molecular weight is 357 g/mol. The Morgan fingerprint density at radius 2 is 1.44 bits per heavy atom. The highest BCUT2D eigenvalue weighted by Gasteiger charge is 2.07. The van der Waals surface area contributed by atoms with Gasteiger partial charge in [-0.15, -0.1) is 0 Å². The van der Waals surface area contributed by atoms with E-state index in [1.54, 1.807) is 0 Å². The topological polar surface area (TPSA) is 25.8 Å². The Bertz CT molecular complexity index is 1010. The summed E-state index contributed by atoms with van der Waals surface area (Å²) >= 11 is 0. The molecule has 138 valence electrons. The molecule has 2 aromatic heterocycles. The SMILES string of the molecule is CC(C)c1cncc2ccccc12.CCC(C)c1nccc2ccccc12. The highest BCUT2D eigenvalue weighted by Crippen LogP contribution is 2.25. The second-order valence-electron chi connectivity index (χ2n) is 7.33. The third-order valence-electron chi connectivity index (χ3n) is 5.10. The number of benzene rings is 2. The molecule has 0 radical (unpaired) electrons. The molecule has 4 rings (SSSR count). The van der Waals surface area contributed by atoms with Gasteiger partial charge in [-0.25, -0.2) is 0 Å². The largest absolute Gasteiger partial charge is 0.264 e. The molecule has 0 saturated heterocycles. The summed E-state index contributed by atoms with van der Waals surface area (Å²) in [7, 11) is 0. The molecule has 27 heavy (non-hydrogen) atoms. The third kappa shape index (κ3) is 4.33. The predicted molar refractivity (Wildman–Crippen MR) is 116 cm³/mol. The van der Waals surface area contributed by atoms with Crippen LogP contribution in [0.2, 0.25) is 0 Å². The van der Waals surface area contributed by atoms with E-state index in [9.17, 15) is 0 Å². The molecule has 1 atom stereocenters. The number of hydrogen-bond donors (Lipinski definition) is 0. The molecule has 0 aliphatic rings. The van der Waals surface area contributed by atoms with Gasteiger partial charge in [-0.05, 0) is 40.7 Å². The van der Waals surface area contributed by atoms with Crippen molar-refractivity contribution < 1.29 is 0 Å². The van der Waals surface area contributed by atoms with E-state index in [-0.39, 0.29) is 0 Å². The van der Waals surface area contributed by atoms with Crippen molar-refractivity contribution in [3.05, 3.63) is 84.4 Å². The summed E-state index contributed by atoms with van der Waals surface area (Å²) in [6.07, 6.45) is 6.93. The van der Waals surface area contributed by atoms with E-state index in [2.05, 4.69) is 86.2 Å². The molecule has 4 aromatic rings. The van der Waals surface area contributed by atoms with E-state index in [4.69, 9.17) is 0 Å². The molecule has 2 nitrogen and oxygen atoms in total. The van der Waals surface area contributed by atoms with Crippen LogP contribution in [0.4, 0.5) is 0 Å². The van der Waals surface area contributed by atoms with Crippen LogP contribution in [0.1, 0.15) is 57.2 Å². The van der Waals surface area contributed by atoms with E-state index >= 15 is 0 Å². The lowest BCUT2D eigenvalue weighted by Crippen LogP contribution is -1.96. The van der Waals surface area contributed by atoms with Crippen molar-refractivity contribution in [2.75, 3.05) is 0 Å². The Balaban J connectivity index is 0.000000156. The fourth-order valence-corrected chi connectivity index (χ4v) is 3.33. The second-order valence-corrected chi connectivity index (χ2v) is 7.33. The number of pyridine rings is 2. The highest BCUT2D eigenvalue weighted by molar-refractivity contribution is 5.85. The highest BCUT2D eigenvalue weighted by atomic mass is 14.7. The summed E-state index contributed by atoms with van der Waals surface area (Å²) in [4.78, 5) is 8.71. The maximum absolute atomic E-state index is 4.48. The van der Waals surface area contributed by atoms with Crippen molar-refractivity contribution >= 4 is 21.5 Å². The maximum Gasteiger partial charge on any atom is 0.0509 e. The van der Waals surface area contributed by atoms with Gasteiger partial charge in [-0.3, -0.25) is 9.97 Å². The Labute approximate surface area is 162 Å². The van der Waals surface area contributed by atoms with Gasteiger partial charge in [0.15, 0.2) is 0 Å². The lowest BCUT2D eigenvalue weighted by atomic mass is 9.99. The quantitative estimate of drug-likeness (QED) is 0.391. The van der Waals surface area contributed by atoms with Crippen LogP contribution in [-0.2, 0) is 0 Å².